The minimum Gasteiger partial charge on any atom is -0.493 e. The number of piperazine rings is 1. The Kier molecular flexibility index (Phi) is 7.81. The number of rotatable bonds is 8. The van der Waals surface area contributed by atoms with Crippen LogP contribution in [0.4, 0.5) is 10.1 Å². The van der Waals surface area contributed by atoms with Crippen LogP contribution in [0.3, 0.4) is 0 Å². The maximum atomic E-state index is 14.1. The van der Waals surface area contributed by atoms with E-state index in [-0.39, 0.29) is 18.3 Å². The Hall–Kier alpha value is -3.39. The number of ether oxygens (including phenoxy) is 1. The number of nitrogens with zero attached hydrogens (tertiary/aromatic N) is 5. The van der Waals surface area contributed by atoms with E-state index in [1.807, 2.05) is 41.4 Å². The van der Waals surface area contributed by atoms with Crippen LogP contribution in [0, 0.1) is 11.7 Å². The second-order valence-corrected chi connectivity index (χ2v) is 9.72. The van der Waals surface area contributed by atoms with Gasteiger partial charge in [-0.05, 0) is 48.7 Å². The van der Waals surface area contributed by atoms with Crippen molar-refractivity contribution >= 4 is 11.6 Å². The molecule has 0 radical (unpaired) electrons. The largest absolute Gasteiger partial charge is 0.493 e. The molecule has 0 aliphatic carbocycles. The number of para-hydroxylation sites is 1. The maximum absolute atomic E-state index is 14.1. The number of piperidine rings is 1. The monoisotopic (exact) mass is 491 g/mol. The van der Waals surface area contributed by atoms with Gasteiger partial charge in [0.05, 0.1) is 12.3 Å². The van der Waals surface area contributed by atoms with Gasteiger partial charge in [0, 0.05) is 64.1 Å². The van der Waals surface area contributed by atoms with Gasteiger partial charge in [-0.2, -0.15) is 5.10 Å². The molecular formula is C28H34FN5O2. The van der Waals surface area contributed by atoms with Crippen LogP contribution in [-0.2, 0) is 17.9 Å². The molecule has 2 aromatic carbocycles. The van der Waals surface area contributed by atoms with Gasteiger partial charge in [0.1, 0.15) is 18.1 Å². The van der Waals surface area contributed by atoms with E-state index in [9.17, 15) is 9.18 Å². The highest BCUT2D eigenvalue weighted by Crippen LogP contribution is 2.23. The summed E-state index contributed by atoms with van der Waals surface area (Å²) in [6, 6.07) is 17.1. The molecule has 2 aliphatic rings. The first-order valence-corrected chi connectivity index (χ1v) is 12.8. The van der Waals surface area contributed by atoms with E-state index in [2.05, 4.69) is 27.0 Å². The van der Waals surface area contributed by atoms with Crippen LogP contribution in [0.25, 0.3) is 0 Å². The zero-order valence-electron chi connectivity index (χ0n) is 20.6. The summed E-state index contributed by atoms with van der Waals surface area (Å²) in [5, 5.41) is 4.14. The smallest absolute Gasteiger partial charge is 0.244 e. The summed E-state index contributed by atoms with van der Waals surface area (Å²) < 4.78 is 22.0. The van der Waals surface area contributed by atoms with Gasteiger partial charge in [0.2, 0.25) is 5.91 Å². The number of benzene rings is 2. The Labute approximate surface area is 212 Å². The predicted octanol–water partition coefficient (Wildman–Crippen LogP) is 3.66. The Morgan fingerprint density at radius 1 is 1.03 bits per heavy atom. The molecule has 0 N–H and O–H groups in total. The Morgan fingerprint density at radius 2 is 1.89 bits per heavy atom. The lowest BCUT2D eigenvalue weighted by Crippen LogP contribution is -2.46. The van der Waals surface area contributed by atoms with Gasteiger partial charge >= 0.3 is 0 Å². The summed E-state index contributed by atoms with van der Waals surface area (Å²) in [7, 11) is 0. The fraction of sp³-hybridized carbons (Fsp3) is 0.429. The number of hydrogen-bond acceptors (Lipinski definition) is 5. The molecule has 2 aliphatic heterocycles. The topological polar surface area (TPSA) is 53.8 Å². The van der Waals surface area contributed by atoms with E-state index < -0.39 is 0 Å². The van der Waals surface area contributed by atoms with Gasteiger partial charge in [-0.1, -0.05) is 24.3 Å². The molecule has 36 heavy (non-hydrogen) atoms. The van der Waals surface area contributed by atoms with E-state index >= 15 is 0 Å². The third kappa shape index (κ3) is 6.23. The van der Waals surface area contributed by atoms with Crippen LogP contribution in [0.15, 0.2) is 67.0 Å². The van der Waals surface area contributed by atoms with E-state index in [1.54, 1.807) is 16.9 Å². The second-order valence-electron chi connectivity index (χ2n) is 9.72. The molecule has 0 saturated carbocycles. The van der Waals surface area contributed by atoms with Crippen molar-refractivity contribution in [1.82, 2.24) is 19.6 Å². The molecule has 3 heterocycles. The summed E-state index contributed by atoms with van der Waals surface area (Å²) in [5.41, 5.74) is 1.91. The number of likely N-dealkylation sites (tertiary alicyclic amines) is 1. The normalized spacial score (nSPS) is 18.9. The van der Waals surface area contributed by atoms with Crippen molar-refractivity contribution in [1.29, 1.82) is 0 Å². The first kappa shape index (κ1) is 24.3. The first-order valence-electron chi connectivity index (χ1n) is 12.8. The van der Waals surface area contributed by atoms with Crippen LogP contribution >= 0.6 is 0 Å². The number of anilines is 1. The summed E-state index contributed by atoms with van der Waals surface area (Å²) in [6.45, 7) is 6.69. The van der Waals surface area contributed by atoms with Gasteiger partial charge < -0.3 is 14.5 Å². The van der Waals surface area contributed by atoms with Crippen LogP contribution in [0.2, 0.25) is 0 Å². The molecule has 0 bridgehead atoms. The fourth-order valence-corrected chi connectivity index (χ4v) is 5.12. The summed E-state index contributed by atoms with van der Waals surface area (Å²) in [6.07, 6.45) is 5.58. The highest BCUT2D eigenvalue weighted by atomic mass is 19.1. The Bertz CT molecular complexity index is 1130. The van der Waals surface area contributed by atoms with E-state index in [1.165, 1.54) is 11.6 Å². The third-order valence-electron chi connectivity index (χ3n) is 7.08. The minimum absolute atomic E-state index is 0.112. The van der Waals surface area contributed by atoms with Crippen molar-refractivity contribution in [3.8, 4) is 5.75 Å². The molecule has 8 heteroatoms. The number of hydrogen-bond donors (Lipinski definition) is 0. The summed E-state index contributed by atoms with van der Waals surface area (Å²) >= 11 is 0. The standard InChI is InChI=1S/C28H34FN5O2/c29-26-9-1-2-10-27(26)32-16-14-31(15-17-32)19-23-6-3-8-25(18-23)36-22-24-7-4-12-33(20-24)28(35)21-34-13-5-11-30-34/h1-3,5-6,8-11,13,18,24H,4,7,12,14-17,19-22H2. The zero-order valence-corrected chi connectivity index (χ0v) is 20.6. The summed E-state index contributed by atoms with van der Waals surface area (Å²) in [4.78, 5) is 19.1. The average molecular weight is 492 g/mol. The fourth-order valence-electron chi connectivity index (χ4n) is 5.12. The lowest BCUT2D eigenvalue weighted by Gasteiger charge is -2.36. The molecule has 3 aromatic rings. The number of carbonyl (C=O) groups excluding carboxylic acids is 1. The first-order chi connectivity index (χ1) is 17.6. The number of halogens is 1. The summed E-state index contributed by atoms with van der Waals surface area (Å²) in [5.74, 6) is 1.16. The molecule has 7 nitrogen and oxygen atoms in total. The van der Waals surface area contributed by atoms with Crippen LogP contribution in [0.5, 0.6) is 5.75 Å². The van der Waals surface area contributed by atoms with Gasteiger partial charge in [-0.3, -0.25) is 14.4 Å². The quantitative estimate of drug-likeness (QED) is 0.482. The number of amides is 1. The van der Waals surface area contributed by atoms with Gasteiger partial charge in [0.25, 0.3) is 0 Å². The third-order valence-corrected chi connectivity index (χ3v) is 7.08. The lowest BCUT2D eigenvalue weighted by molar-refractivity contribution is -0.134. The van der Waals surface area contributed by atoms with Crippen LogP contribution < -0.4 is 9.64 Å². The van der Waals surface area contributed by atoms with Crippen molar-refractivity contribution in [2.45, 2.75) is 25.9 Å². The van der Waals surface area contributed by atoms with Gasteiger partial charge in [0.15, 0.2) is 0 Å². The van der Waals surface area contributed by atoms with Crippen molar-refractivity contribution in [2.24, 2.45) is 5.92 Å². The van der Waals surface area contributed by atoms with Crippen molar-refractivity contribution in [3.63, 3.8) is 0 Å². The van der Waals surface area contributed by atoms with Crippen molar-refractivity contribution in [3.05, 3.63) is 78.4 Å². The van der Waals surface area contributed by atoms with Gasteiger partial charge in [-0.15, -0.1) is 0 Å². The van der Waals surface area contributed by atoms with Gasteiger partial charge in [-0.25, -0.2) is 4.39 Å². The Morgan fingerprint density at radius 3 is 2.69 bits per heavy atom. The molecule has 190 valence electrons. The molecule has 5 rings (SSSR count). The minimum atomic E-state index is -0.154. The van der Waals surface area contributed by atoms with E-state index in [0.717, 1.165) is 64.4 Å². The highest BCUT2D eigenvalue weighted by Gasteiger charge is 2.24. The SMILES string of the molecule is O=C(Cn1cccn1)N1CCCC(COc2cccc(CN3CCN(c4ccccc4F)CC3)c2)C1. The van der Waals surface area contributed by atoms with E-state index in [0.29, 0.717) is 18.2 Å². The van der Waals surface area contributed by atoms with Crippen molar-refractivity contribution < 1.29 is 13.9 Å². The number of aromatic nitrogens is 2. The van der Waals surface area contributed by atoms with Crippen LogP contribution in [0.1, 0.15) is 18.4 Å². The zero-order chi connectivity index (χ0) is 24.7. The molecule has 0 spiro atoms. The molecule has 1 aromatic heterocycles. The van der Waals surface area contributed by atoms with Crippen molar-refractivity contribution in [2.75, 3.05) is 50.8 Å². The molecular weight excluding hydrogens is 457 g/mol. The predicted molar refractivity (Wildman–Crippen MR) is 137 cm³/mol. The highest BCUT2D eigenvalue weighted by molar-refractivity contribution is 5.76. The lowest BCUT2D eigenvalue weighted by atomic mass is 9.99. The molecule has 1 amide bonds. The van der Waals surface area contributed by atoms with E-state index in [4.69, 9.17) is 4.74 Å². The van der Waals surface area contributed by atoms with Crippen LogP contribution in [-0.4, -0.2) is 71.4 Å². The molecule has 2 fully saturated rings. The maximum Gasteiger partial charge on any atom is 0.244 e. The Balaban J connectivity index is 1.08. The average Bonchev–Trinajstić information content (AvgIpc) is 3.42. The molecule has 2 saturated heterocycles. The molecule has 1 unspecified atom stereocenters. The second kappa shape index (κ2) is 11.6. The molecule has 1 atom stereocenters. The number of carbonyl (C=O) groups is 1.